The van der Waals surface area contributed by atoms with E-state index >= 15 is 0 Å². The highest BCUT2D eigenvalue weighted by atomic mass is 32.1. The van der Waals surface area contributed by atoms with Crippen molar-refractivity contribution in [1.82, 2.24) is 10.2 Å². The van der Waals surface area contributed by atoms with Gasteiger partial charge in [0.05, 0.1) is 10.9 Å². The van der Waals surface area contributed by atoms with Crippen molar-refractivity contribution in [3.63, 3.8) is 0 Å². The Bertz CT molecular complexity index is 615. The molecule has 0 unspecified atom stereocenters. The third-order valence-electron chi connectivity index (χ3n) is 4.49. The molecule has 1 aromatic carbocycles. The number of rotatable bonds is 5. The first-order chi connectivity index (χ1) is 11.2. The summed E-state index contributed by atoms with van der Waals surface area (Å²) in [6.45, 7) is 5.01. The average Bonchev–Trinajstić information content (AvgIpc) is 3.12. The molecule has 122 valence electrons. The van der Waals surface area contributed by atoms with Crippen LogP contribution in [0.15, 0.2) is 41.8 Å². The second-order valence-corrected chi connectivity index (χ2v) is 7.16. The zero-order valence-electron chi connectivity index (χ0n) is 13.6. The average molecular weight is 328 g/mol. The summed E-state index contributed by atoms with van der Waals surface area (Å²) < 4.78 is 0. The third kappa shape index (κ3) is 4.21. The molecule has 1 aliphatic heterocycles. The van der Waals surface area contributed by atoms with E-state index in [1.165, 1.54) is 41.7 Å². The van der Waals surface area contributed by atoms with Crippen LogP contribution in [0.2, 0.25) is 0 Å². The van der Waals surface area contributed by atoms with Crippen molar-refractivity contribution in [2.45, 2.75) is 32.2 Å². The van der Waals surface area contributed by atoms with Gasteiger partial charge in [-0.15, -0.1) is 11.3 Å². The van der Waals surface area contributed by atoms with Crippen LogP contribution >= 0.6 is 11.3 Å². The van der Waals surface area contributed by atoms with E-state index in [-0.39, 0.29) is 11.9 Å². The van der Waals surface area contributed by atoms with Crippen LogP contribution in [0.4, 0.5) is 0 Å². The highest BCUT2D eigenvalue weighted by molar-refractivity contribution is 7.12. The van der Waals surface area contributed by atoms with Gasteiger partial charge >= 0.3 is 0 Å². The molecule has 2 aromatic rings. The minimum atomic E-state index is 0.0362. The Hall–Kier alpha value is -1.65. The van der Waals surface area contributed by atoms with Crippen LogP contribution < -0.4 is 5.32 Å². The highest BCUT2D eigenvalue weighted by Crippen LogP contribution is 2.24. The lowest BCUT2D eigenvalue weighted by Crippen LogP contribution is -2.40. The minimum Gasteiger partial charge on any atom is -0.349 e. The van der Waals surface area contributed by atoms with Crippen molar-refractivity contribution in [2.75, 3.05) is 19.6 Å². The van der Waals surface area contributed by atoms with Crippen molar-refractivity contribution >= 4 is 17.2 Å². The molecule has 1 atom stereocenters. The van der Waals surface area contributed by atoms with Crippen LogP contribution in [0.5, 0.6) is 0 Å². The van der Waals surface area contributed by atoms with Gasteiger partial charge in [0.25, 0.3) is 5.91 Å². The molecule has 2 heterocycles. The Labute approximate surface area is 142 Å². The molecule has 1 amide bonds. The molecule has 1 N–H and O–H groups in total. The maximum atomic E-state index is 12.3. The van der Waals surface area contributed by atoms with E-state index in [1.54, 1.807) is 0 Å². The fourth-order valence-electron chi connectivity index (χ4n) is 3.16. The molecule has 4 heteroatoms. The summed E-state index contributed by atoms with van der Waals surface area (Å²) >= 11 is 1.49. The maximum absolute atomic E-state index is 12.3. The van der Waals surface area contributed by atoms with Gasteiger partial charge in [0.1, 0.15) is 0 Å². The molecule has 0 spiro atoms. The van der Waals surface area contributed by atoms with Gasteiger partial charge in [-0.3, -0.25) is 9.69 Å². The van der Waals surface area contributed by atoms with Crippen LogP contribution in [0.1, 0.15) is 46.1 Å². The van der Waals surface area contributed by atoms with Crippen LogP contribution in [-0.4, -0.2) is 30.4 Å². The Morgan fingerprint density at radius 1 is 1.17 bits per heavy atom. The topological polar surface area (TPSA) is 32.3 Å². The number of benzene rings is 1. The second-order valence-electron chi connectivity index (χ2n) is 6.21. The molecule has 23 heavy (non-hydrogen) atoms. The fraction of sp³-hybridized carbons (Fsp3) is 0.421. The SMILES string of the molecule is Cc1ccc([C@H](CNC(=O)c2cccs2)N2CCCCC2)cc1. The van der Waals surface area contributed by atoms with E-state index in [2.05, 4.69) is 41.4 Å². The van der Waals surface area contributed by atoms with Gasteiger partial charge in [0.15, 0.2) is 0 Å². The maximum Gasteiger partial charge on any atom is 0.261 e. The molecule has 0 radical (unpaired) electrons. The van der Waals surface area contributed by atoms with Gasteiger partial charge in [-0.25, -0.2) is 0 Å². The predicted octanol–water partition coefficient (Wildman–Crippen LogP) is 4.01. The third-order valence-corrected chi connectivity index (χ3v) is 5.36. The van der Waals surface area contributed by atoms with E-state index in [1.807, 2.05) is 17.5 Å². The largest absolute Gasteiger partial charge is 0.349 e. The van der Waals surface area contributed by atoms with Gasteiger partial charge in [-0.05, 0) is 49.9 Å². The number of nitrogens with one attached hydrogen (secondary N) is 1. The Morgan fingerprint density at radius 2 is 1.91 bits per heavy atom. The summed E-state index contributed by atoms with van der Waals surface area (Å²) in [6, 6.07) is 12.8. The molecular weight excluding hydrogens is 304 g/mol. The molecule has 0 aliphatic carbocycles. The first-order valence-corrected chi connectivity index (χ1v) is 9.24. The van der Waals surface area contributed by atoms with Gasteiger partial charge in [-0.2, -0.15) is 0 Å². The lowest BCUT2D eigenvalue weighted by Gasteiger charge is -2.35. The molecule has 1 fully saturated rings. The Morgan fingerprint density at radius 3 is 2.57 bits per heavy atom. The molecule has 0 saturated carbocycles. The number of piperidine rings is 1. The first-order valence-electron chi connectivity index (χ1n) is 8.36. The van der Waals surface area contributed by atoms with E-state index in [9.17, 15) is 4.79 Å². The number of thiophene rings is 1. The van der Waals surface area contributed by atoms with Crippen molar-refractivity contribution in [1.29, 1.82) is 0 Å². The summed E-state index contributed by atoms with van der Waals surface area (Å²) in [5.74, 6) is 0.0362. The van der Waals surface area contributed by atoms with Gasteiger partial charge in [-0.1, -0.05) is 42.3 Å². The van der Waals surface area contributed by atoms with Crippen molar-refractivity contribution in [3.05, 3.63) is 57.8 Å². The molecule has 1 aliphatic rings. The summed E-state index contributed by atoms with van der Waals surface area (Å²) in [5, 5.41) is 5.07. The number of hydrogen-bond donors (Lipinski definition) is 1. The number of aryl methyl sites for hydroxylation is 1. The van der Waals surface area contributed by atoms with Crippen LogP contribution in [0.25, 0.3) is 0 Å². The van der Waals surface area contributed by atoms with E-state index < -0.39 is 0 Å². The highest BCUT2D eigenvalue weighted by Gasteiger charge is 2.23. The summed E-state index contributed by atoms with van der Waals surface area (Å²) in [4.78, 5) is 15.6. The Kier molecular flexibility index (Phi) is 5.47. The van der Waals surface area contributed by atoms with Crippen molar-refractivity contribution in [2.24, 2.45) is 0 Å². The van der Waals surface area contributed by atoms with Gasteiger partial charge in [0, 0.05) is 6.54 Å². The quantitative estimate of drug-likeness (QED) is 0.899. The first kappa shape index (κ1) is 16.2. The van der Waals surface area contributed by atoms with Crippen LogP contribution in [0.3, 0.4) is 0 Å². The lowest BCUT2D eigenvalue weighted by atomic mass is 10.0. The number of carbonyl (C=O) groups excluding carboxylic acids is 1. The summed E-state index contributed by atoms with van der Waals surface area (Å²) in [6.07, 6.45) is 3.82. The Balaban J connectivity index is 1.72. The predicted molar refractivity (Wildman–Crippen MR) is 96.0 cm³/mol. The summed E-state index contributed by atoms with van der Waals surface area (Å²) in [5.41, 5.74) is 2.57. The number of likely N-dealkylation sites (tertiary alicyclic amines) is 1. The van der Waals surface area contributed by atoms with Crippen LogP contribution in [0, 0.1) is 6.92 Å². The van der Waals surface area contributed by atoms with E-state index in [0.717, 1.165) is 18.0 Å². The van der Waals surface area contributed by atoms with Gasteiger partial charge < -0.3 is 5.32 Å². The van der Waals surface area contributed by atoms with E-state index in [0.29, 0.717) is 6.54 Å². The molecule has 3 nitrogen and oxygen atoms in total. The molecule has 1 saturated heterocycles. The standard InChI is InChI=1S/C19H24N2OS/c1-15-7-9-16(10-8-15)17(21-11-3-2-4-12-21)14-20-19(22)18-6-5-13-23-18/h5-10,13,17H,2-4,11-12,14H2,1H3,(H,20,22)/t17-/m0/s1. The number of carbonyl (C=O) groups is 1. The molecule has 3 rings (SSSR count). The number of hydrogen-bond acceptors (Lipinski definition) is 3. The normalized spacial score (nSPS) is 16.9. The second kappa shape index (κ2) is 7.75. The lowest BCUT2D eigenvalue weighted by molar-refractivity contribution is 0.0928. The van der Waals surface area contributed by atoms with Crippen LogP contribution in [-0.2, 0) is 0 Å². The zero-order valence-corrected chi connectivity index (χ0v) is 14.4. The smallest absolute Gasteiger partial charge is 0.261 e. The minimum absolute atomic E-state index is 0.0362. The van der Waals surface area contributed by atoms with E-state index in [4.69, 9.17) is 0 Å². The molecule has 1 aromatic heterocycles. The number of amides is 1. The zero-order chi connectivity index (χ0) is 16.1. The molecular formula is C19H24N2OS. The van der Waals surface area contributed by atoms with Crippen molar-refractivity contribution < 1.29 is 4.79 Å². The monoisotopic (exact) mass is 328 g/mol. The van der Waals surface area contributed by atoms with Crippen molar-refractivity contribution in [3.8, 4) is 0 Å². The fourth-order valence-corrected chi connectivity index (χ4v) is 3.80. The number of nitrogens with zero attached hydrogens (tertiary/aromatic N) is 1. The molecule has 0 bridgehead atoms. The van der Waals surface area contributed by atoms with Gasteiger partial charge in [0.2, 0.25) is 0 Å². The summed E-state index contributed by atoms with van der Waals surface area (Å²) in [7, 11) is 0.